The first kappa shape index (κ1) is 8.77. The van der Waals surface area contributed by atoms with Gasteiger partial charge >= 0.3 is 0 Å². The van der Waals surface area contributed by atoms with Gasteiger partial charge in [0, 0.05) is 17.9 Å². The van der Waals surface area contributed by atoms with Gasteiger partial charge in [0.05, 0.1) is 11.5 Å². The van der Waals surface area contributed by atoms with E-state index in [1.807, 2.05) is 6.92 Å². The van der Waals surface area contributed by atoms with Crippen molar-refractivity contribution in [2.75, 3.05) is 0 Å². The normalized spacial score (nSPS) is 18.9. The largest absolute Gasteiger partial charge is 0.361 e. The van der Waals surface area contributed by atoms with Crippen molar-refractivity contribution in [1.82, 2.24) is 4.98 Å². The van der Waals surface area contributed by atoms with Crippen molar-refractivity contribution in [2.24, 2.45) is 5.73 Å². The molecule has 0 aromatic carbocycles. The molecule has 3 N–H and O–H groups in total. The quantitative estimate of drug-likeness (QED) is 0.680. The lowest BCUT2D eigenvalue weighted by atomic mass is 10.1. The molecule has 72 valence electrons. The van der Waals surface area contributed by atoms with Crippen LogP contribution in [0.25, 0.3) is 0 Å². The Hall–Kier alpha value is -0.810. The van der Waals surface area contributed by atoms with Crippen LogP contribution in [0.15, 0.2) is 0 Å². The molecule has 0 amide bonds. The molecule has 1 aliphatic rings. The molecule has 1 aliphatic heterocycles. The number of hydrogen-bond donors (Lipinski definition) is 2. The van der Waals surface area contributed by atoms with E-state index in [4.69, 9.17) is 5.73 Å². The van der Waals surface area contributed by atoms with Crippen LogP contribution in [-0.2, 0) is 27.9 Å². The van der Waals surface area contributed by atoms with Gasteiger partial charge in [0.15, 0.2) is 9.84 Å². The second-order valence-electron chi connectivity index (χ2n) is 3.42. The number of aromatic amines is 1. The van der Waals surface area contributed by atoms with E-state index in [1.54, 1.807) is 0 Å². The first-order valence-corrected chi connectivity index (χ1v) is 5.95. The maximum Gasteiger partial charge on any atom is 0.160 e. The maximum absolute atomic E-state index is 11.3. The van der Waals surface area contributed by atoms with Crippen LogP contribution in [-0.4, -0.2) is 13.4 Å². The van der Waals surface area contributed by atoms with Crippen molar-refractivity contribution < 1.29 is 8.42 Å². The molecule has 0 bridgehead atoms. The van der Waals surface area contributed by atoms with Crippen molar-refractivity contribution in [3.8, 4) is 0 Å². The Bertz CT molecular complexity index is 445. The fourth-order valence-electron chi connectivity index (χ4n) is 1.85. The summed E-state index contributed by atoms with van der Waals surface area (Å²) in [4.78, 5) is 3.07. The van der Waals surface area contributed by atoms with Crippen molar-refractivity contribution >= 4 is 9.84 Å². The number of aromatic nitrogens is 1. The van der Waals surface area contributed by atoms with Gasteiger partial charge in [0.25, 0.3) is 0 Å². The van der Waals surface area contributed by atoms with Crippen molar-refractivity contribution in [1.29, 1.82) is 0 Å². The molecule has 4 nitrogen and oxygen atoms in total. The Morgan fingerprint density at radius 2 is 2.15 bits per heavy atom. The minimum atomic E-state index is -2.90. The summed E-state index contributed by atoms with van der Waals surface area (Å²) in [5, 5.41) is 0. The van der Waals surface area contributed by atoms with Gasteiger partial charge in [-0.3, -0.25) is 0 Å². The van der Waals surface area contributed by atoms with E-state index in [-0.39, 0.29) is 11.5 Å². The van der Waals surface area contributed by atoms with Gasteiger partial charge in [0.2, 0.25) is 0 Å². The topological polar surface area (TPSA) is 76.0 Å². The lowest BCUT2D eigenvalue weighted by molar-refractivity contribution is 0.597. The van der Waals surface area contributed by atoms with Gasteiger partial charge in [-0.05, 0) is 18.1 Å². The summed E-state index contributed by atoms with van der Waals surface area (Å²) >= 11 is 0. The van der Waals surface area contributed by atoms with Crippen molar-refractivity contribution in [2.45, 2.75) is 25.0 Å². The van der Waals surface area contributed by atoms with E-state index >= 15 is 0 Å². The van der Waals surface area contributed by atoms with Crippen LogP contribution in [0, 0.1) is 6.92 Å². The fourth-order valence-corrected chi connectivity index (χ4v) is 3.43. The number of fused-ring (bicyclic) bond motifs is 1. The Kier molecular flexibility index (Phi) is 1.75. The smallest absolute Gasteiger partial charge is 0.160 e. The maximum atomic E-state index is 11.3. The van der Waals surface area contributed by atoms with E-state index in [0.717, 1.165) is 22.5 Å². The average molecular weight is 200 g/mol. The second kappa shape index (κ2) is 2.59. The summed E-state index contributed by atoms with van der Waals surface area (Å²) in [5.74, 6) is 0.294. The average Bonchev–Trinajstić information content (AvgIpc) is 2.39. The zero-order chi connectivity index (χ0) is 9.64. The second-order valence-corrected chi connectivity index (χ2v) is 5.49. The number of nitrogens with two attached hydrogens (primary N) is 1. The highest BCUT2D eigenvalue weighted by Gasteiger charge is 2.29. The van der Waals surface area contributed by atoms with Crippen LogP contribution < -0.4 is 5.73 Å². The fraction of sp³-hybridized carbons (Fsp3) is 0.500. The van der Waals surface area contributed by atoms with Crippen LogP contribution in [0.4, 0.5) is 0 Å². The molecule has 13 heavy (non-hydrogen) atoms. The van der Waals surface area contributed by atoms with Gasteiger partial charge in [-0.15, -0.1) is 0 Å². The molecule has 0 saturated carbocycles. The molecule has 2 rings (SSSR count). The van der Waals surface area contributed by atoms with Crippen LogP contribution >= 0.6 is 0 Å². The highest BCUT2D eigenvalue weighted by molar-refractivity contribution is 7.90. The number of H-pyrrole nitrogens is 1. The summed E-state index contributed by atoms with van der Waals surface area (Å²) in [7, 11) is -2.90. The van der Waals surface area contributed by atoms with E-state index in [9.17, 15) is 8.42 Å². The molecule has 2 heterocycles. The highest BCUT2D eigenvalue weighted by Crippen LogP contribution is 2.29. The highest BCUT2D eigenvalue weighted by atomic mass is 32.2. The third kappa shape index (κ3) is 1.28. The minimum Gasteiger partial charge on any atom is -0.361 e. The van der Waals surface area contributed by atoms with E-state index in [0.29, 0.717) is 6.54 Å². The molecule has 0 atom stereocenters. The lowest BCUT2D eigenvalue weighted by Crippen LogP contribution is -2.03. The Labute approximate surface area is 77.1 Å². The Morgan fingerprint density at radius 3 is 2.77 bits per heavy atom. The molecule has 0 fully saturated rings. The Balaban J connectivity index is 2.56. The predicted molar refractivity (Wildman–Crippen MR) is 49.7 cm³/mol. The third-order valence-corrected chi connectivity index (χ3v) is 3.91. The zero-order valence-electron chi connectivity index (χ0n) is 7.42. The molecule has 0 aliphatic carbocycles. The molecular formula is C8H12N2O2S. The van der Waals surface area contributed by atoms with Crippen molar-refractivity contribution in [3.63, 3.8) is 0 Å². The minimum absolute atomic E-state index is 0.142. The summed E-state index contributed by atoms with van der Waals surface area (Å²) in [6.07, 6.45) is 0. The van der Waals surface area contributed by atoms with Gasteiger partial charge in [0.1, 0.15) is 0 Å². The third-order valence-electron chi connectivity index (χ3n) is 2.45. The first-order chi connectivity index (χ1) is 6.03. The summed E-state index contributed by atoms with van der Waals surface area (Å²) < 4.78 is 22.5. The zero-order valence-corrected chi connectivity index (χ0v) is 8.24. The number of sulfone groups is 1. The van der Waals surface area contributed by atoms with Gasteiger partial charge < -0.3 is 10.7 Å². The van der Waals surface area contributed by atoms with E-state index in [2.05, 4.69) is 4.98 Å². The van der Waals surface area contributed by atoms with Gasteiger partial charge in [-0.25, -0.2) is 8.42 Å². The molecule has 0 saturated heterocycles. The molecule has 1 aromatic heterocycles. The summed E-state index contributed by atoms with van der Waals surface area (Å²) in [6.45, 7) is 2.33. The SMILES string of the molecule is Cc1[nH]c2c(c1CN)CS(=O)(=O)C2. The number of hydrogen-bond acceptors (Lipinski definition) is 3. The van der Waals surface area contributed by atoms with E-state index in [1.165, 1.54) is 0 Å². The standard InChI is InChI=1S/C8H12N2O2S/c1-5-6(2-9)7-3-13(11,12)4-8(7)10-5/h10H,2-4,9H2,1H3. The van der Waals surface area contributed by atoms with Crippen LogP contribution in [0.5, 0.6) is 0 Å². The van der Waals surface area contributed by atoms with E-state index < -0.39 is 9.84 Å². The lowest BCUT2D eigenvalue weighted by Gasteiger charge is -1.97. The monoisotopic (exact) mass is 200 g/mol. The van der Waals surface area contributed by atoms with Crippen LogP contribution in [0.2, 0.25) is 0 Å². The molecule has 0 radical (unpaired) electrons. The number of rotatable bonds is 1. The van der Waals surface area contributed by atoms with Crippen molar-refractivity contribution in [3.05, 3.63) is 22.5 Å². The van der Waals surface area contributed by atoms with Gasteiger partial charge in [-0.2, -0.15) is 0 Å². The summed E-state index contributed by atoms with van der Waals surface area (Å²) in [5.41, 5.74) is 9.25. The molecule has 0 spiro atoms. The predicted octanol–water partition coefficient (Wildman–Crippen LogP) is 0.210. The number of nitrogens with one attached hydrogen (secondary N) is 1. The van der Waals surface area contributed by atoms with Crippen LogP contribution in [0.3, 0.4) is 0 Å². The molecule has 5 heteroatoms. The first-order valence-electron chi connectivity index (χ1n) is 4.13. The Morgan fingerprint density at radius 1 is 1.46 bits per heavy atom. The summed E-state index contributed by atoms with van der Waals surface area (Å²) in [6, 6.07) is 0. The molecule has 1 aromatic rings. The molecule has 0 unspecified atom stereocenters. The number of aryl methyl sites for hydroxylation is 1. The van der Waals surface area contributed by atoms with Crippen LogP contribution in [0.1, 0.15) is 22.5 Å². The van der Waals surface area contributed by atoms with Gasteiger partial charge in [-0.1, -0.05) is 0 Å². The molecular weight excluding hydrogens is 188 g/mol.